The fourth-order valence-electron chi connectivity index (χ4n) is 1.49. The Kier molecular flexibility index (Phi) is 3.42. The van der Waals surface area contributed by atoms with Gasteiger partial charge in [0.05, 0.1) is 12.0 Å². The zero-order valence-electron chi connectivity index (χ0n) is 7.75. The van der Waals surface area contributed by atoms with Crippen LogP contribution in [0.5, 0.6) is 0 Å². The van der Waals surface area contributed by atoms with Crippen LogP contribution in [0.1, 0.15) is 26.2 Å². The molecule has 1 aliphatic heterocycles. The van der Waals surface area contributed by atoms with Crippen molar-refractivity contribution in [2.24, 2.45) is 5.92 Å². The van der Waals surface area contributed by atoms with Crippen molar-refractivity contribution in [3.05, 3.63) is 0 Å². The number of rotatable bonds is 4. The quantitative estimate of drug-likeness (QED) is 0.666. The predicted molar refractivity (Wildman–Crippen MR) is 47.4 cm³/mol. The van der Waals surface area contributed by atoms with Gasteiger partial charge in [-0.1, -0.05) is 6.92 Å². The number of carboxylic acid groups (broad SMARTS) is 1. The van der Waals surface area contributed by atoms with E-state index in [4.69, 9.17) is 5.11 Å². The second kappa shape index (κ2) is 4.37. The van der Waals surface area contributed by atoms with Crippen LogP contribution in [0.2, 0.25) is 0 Å². The van der Waals surface area contributed by atoms with Gasteiger partial charge in [-0.3, -0.25) is 9.59 Å². The maximum Gasteiger partial charge on any atom is 0.306 e. The highest BCUT2D eigenvalue weighted by molar-refractivity contribution is 5.87. The first-order valence-corrected chi connectivity index (χ1v) is 4.60. The summed E-state index contributed by atoms with van der Waals surface area (Å²) < 4.78 is 0. The fourth-order valence-corrected chi connectivity index (χ4v) is 1.49. The SMILES string of the molecule is CC(CC(=O)C1CCCN1)C(=O)O. The molecule has 0 aromatic rings. The van der Waals surface area contributed by atoms with Crippen LogP contribution in [0.25, 0.3) is 0 Å². The van der Waals surface area contributed by atoms with Crippen LogP contribution in [0.3, 0.4) is 0 Å². The van der Waals surface area contributed by atoms with Gasteiger partial charge in [0.1, 0.15) is 0 Å². The largest absolute Gasteiger partial charge is 0.481 e. The third-order valence-electron chi connectivity index (χ3n) is 2.38. The van der Waals surface area contributed by atoms with E-state index in [1.807, 2.05) is 0 Å². The average molecular weight is 185 g/mol. The number of nitrogens with one attached hydrogen (secondary N) is 1. The number of carbonyl (C=O) groups is 2. The second-order valence-electron chi connectivity index (χ2n) is 3.56. The van der Waals surface area contributed by atoms with E-state index in [1.54, 1.807) is 6.92 Å². The summed E-state index contributed by atoms with van der Waals surface area (Å²) in [4.78, 5) is 21.9. The molecule has 1 heterocycles. The summed E-state index contributed by atoms with van der Waals surface area (Å²) >= 11 is 0. The molecule has 0 bridgehead atoms. The fraction of sp³-hybridized carbons (Fsp3) is 0.778. The van der Waals surface area contributed by atoms with Crippen molar-refractivity contribution < 1.29 is 14.7 Å². The summed E-state index contributed by atoms with van der Waals surface area (Å²) in [6.45, 7) is 2.44. The Balaban J connectivity index is 2.35. The summed E-state index contributed by atoms with van der Waals surface area (Å²) in [7, 11) is 0. The number of ketones is 1. The van der Waals surface area contributed by atoms with Crippen LogP contribution >= 0.6 is 0 Å². The maximum atomic E-state index is 11.4. The highest BCUT2D eigenvalue weighted by atomic mass is 16.4. The molecule has 1 aliphatic rings. The Morgan fingerprint density at radius 2 is 2.31 bits per heavy atom. The molecule has 0 aromatic heterocycles. The lowest BCUT2D eigenvalue weighted by atomic mass is 9.99. The molecule has 0 aliphatic carbocycles. The Morgan fingerprint density at radius 1 is 1.62 bits per heavy atom. The Hall–Kier alpha value is -0.900. The van der Waals surface area contributed by atoms with Gasteiger partial charge in [-0.15, -0.1) is 0 Å². The van der Waals surface area contributed by atoms with Crippen LogP contribution < -0.4 is 5.32 Å². The molecule has 4 heteroatoms. The molecule has 0 radical (unpaired) electrons. The minimum Gasteiger partial charge on any atom is -0.481 e. The molecule has 0 aromatic carbocycles. The lowest BCUT2D eigenvalue weighted by Gasteiger charge is -2.10. The summed E-state index contributed by atoms with van der Waals surface area (Å²) in [6, 6.07) is -0.0956. The number of hydrogen-bond donors (Lipinski definition) is 2. The van der Waals surface area contributed by atoms with Gasteiger partial charge in [-0.25, -0.2) is 0 Å². The van der Waals surface area contributed by atoms with Gasteiger partial charge in [-0.2, -0.15) is 0 Å². The first-order valence-electron chi connectivity index (χ1n) is 4.60. The number of carbonyl (C=O) groups excluding carboxylic acids is 1. The highest BCUT2D eigenvalue weighted by Gasteiger charge is 2.25. The van der Waals surface area contributed by atoms with E-state index >= 15 is 0 Å². The normalized spacial score (nSPS) is 24.2. The monoisotopic (exact) mass is 185 g/mol. The number of hydrogen-bond acceptors (Lipinski definition) is 3. The van der Waals surface area contributed by atoms with E-state index in [0.29, 0.717) is 0 Å². The van der Waals surface area contributed by atoms with Crippen molar-refractivity contribution >= 4 is 11.8 Å². The molecule has 2 N–H and O–H groups in total. The van der Waals surface area contributed by atoms with Crippen molar-refractivity contribution in [3.63, 3.8) is 0 Å². The molecule has 13 heavy (non-hydrogen) atoms. The van der Waals surface area contributed by atoms with Gasteiger partial charge in [0.15, 0.2) is 5.78 Å². The lowest BCUT2D eigenvalue weighted by molar-refractivity contribution is -0.143. The standard InChI is InChI=1S/C9H15NO3/c1-6(9(12)13)5-8(11)7-3-2-4-10-7/h6-7,10H,2-5H2,1H3,(H,12,13). The highest BCUT2D eigenvalue weighted by Crippen LogP contribution is 2.11. The summed E-state index contributed by atoms with van der Waals surface area (Å²) in [5.41, 5.74) is 0. The predicted octanol–water partition coefficient (Wildman–Crippen LogP) is 0.418. The van der Waals surface area contributed by atoms with E-state index in [0.717, 1.165) is 19.4 Å². The number of aliphatic carboxylic acids is 1. The smallest absolute Gasteiger partial charge is 0.306 e. The topological polar surface area (TPSA) is 66.4 Å². The lowest BCUT2D eigenvalue weighted by Crippen LogP contribution is -2.32. The Labute approximate surface area is 77.3 Å². The molecule has 2 unspecified atom stereocenters. The minimum absolute atomic E-state index is 0.0346. The molecule has 0 spiro atoms. The van der Waals surface area contributed by atoms with E-state index in [9.17, 15) is 9.59 Å². The molecule has 0 amide bonds. The number of carboxylic acids is 1. The van der Waals surface area contributed by atoms with Crippen LogP contribution in [-0.2, 0) is 9.59 Å². The van der Waals surface area contributed by atoms with Crippen LogP contribution in [0.4, 0.5) is 0 Å². The Bertz CT molecular complexity index is 209. The molecule has 2 atom stereocenters. The molecule has 1 saturated heterocycles. The molecule has 1 rings (SSSR count). The van der Waals surface area contributed by atoms with Crippen molar-refractivity contribution in [2.75, 3.05) is 6.54 Å². The molecule has 0 saturated carbocycles. The van der Waals surface area contributed by atoms with Crippen LogP contribution in [-0.4, -0.2) is 29.4 Å². The minimum atomic E-state index is -0.897. The van der Waals surface area contributed by atoms with E-state index in [-0.39, 0.29) is 18.2 Å². The van der Waals surface area contributed by atoms with Crippen molar-refractivity contribution in [2.45, 2.75) is 32.2 Å². The average Bonchev–Trinajstić information content (AvgIpc) is 2.55. The van der Waals surface area contributed by atoms with Crippen molar-refractivity contribution in [3.8, 4) is 0 Å². The molecular weight excluding hydrogens is 170 g/mol. The maximum absolute atomic E-state index is 11.4. The molecule has 1 fully saturated rings. The molecule has 4 nitrogen and oxygen atoms in total. The third kappa shape index (κ3) is 2.81. The van der Waals surface area contributed by atoms with Gasteiger partial charge in [0, 0.05) is 6.42 Å². The van der Waals surface area contributed by atoms with Gasteiger partial charge in [0.25, 0.3) is 0 Å². The van der Waals surface area contributed by atoms with E-state index < -0.39 is 11.9 Å². The van der Waals surface area contributed by atoms with Crippen molar-refractivity contribution in [1.82, 2.24) is 5.32 Å². The summed E-state index contributed by atoms with van der Waals surface area (Å²) in [5.74, 6) is -1.42. The van der Waals surface area contributed by atoms with Gasteiger partial charge >= 0.3 is 5.97 Å². The van der Waals surface area contributed by atoms with Gasteiger partial charge in [-0.05, 0) is 19.4 Å². The van der Waals surface area contributed by atoms with E-state index in [2.05, 4.69) is 5.32 Å². The molecule has 74 valence electrons. The second-order valence-corrected chi connectivity index (χ2v) is 3.56. The first-order chi connectivity index (χ1) is 6.11. The van der Waals surface area contributed by atoms with Gasteiger partial charge in [0.2, 0.25) is 0 Å². The first kappa shape index (κ1) is 10.2. The third-order valence-corrected chi connectivity index (χ3v) is 2.38. The number of Topliss-reactive ketones (excluding diaryl/α,β-unsaturated/α-hetero) is 1. The zero-order chi connectivity index (χ0) is 9.84. The van der Waals surface area contributed by atoms with Crippen LogP contribution in [0, 0.1) is 5.92 Å². The van der Waals surface area contributed by atoms with Crippen LogP contribution in [0.15, 0.2) is 0 Å². The van der Waals surface area contributed by atoms with E-state index in [1.165, 1.54) is 0 Å². The molecular formula is C9H15NO3. The summed E-state index contributed by atoms with van der Waals surface area (Å²) in [6.07, 6.45) is 2.01. The van der Waals surface area contributed by atoms with Crippen molar-refractivity contribution in [1.29, 1.82) is 0 Å². The summed E-state index contributed by atoms with van der Waals surface area (Å²) in [5, 5.41) is 11.7. The zero-order valence-corrected chi connectivity index (χ0v) is 7.75. The Morgan fingerprint density at radius 3 is 2.77 bits per heavy atom. The van der Waals surface area contributed by atoms with Gasteiger partial charge < -0.3 is 10.4 Å².